The summed E-state index contributed by atoms with van der Waals surface area (Å²) in [5.74, 6) is -0.0295. The molecule has 4 atom stereocenters. The fourth-order valence-electron chi connectivity index (χ4n) is 4.97. The number of nitrogens with zero attached hydrogens (tertiary/aromatic N) is 2. The van der Waals surface area contributed by atoms with Crippen molar-refractivity contribution in [3.8, 4) is 0 Å². The Balaban J connectivity index is 1.27. The molecule has 0 unspecified atom stereocenters. The van der Waals surface area contributed by atoms with E-state index in [9.17, 15) is 14.7 Å². The number of halogens is 1. The van der Waals surface area contributed by atoms with Crippen LogP contribution in [0.4, 0.5) is 10.5 Å². The molecule has 0 aromatic heterocycles. The Kier molecular flexibility index (Phi) is 10.2. The summed E-state index contributed by atoms with van der Waals surface area (Å²) in [5, 5.41) is 16.7. The van der Waals surface area contributed by atoms with Crippen molar-refractivity contribution in [3.05, 3.63) is 29.3 Å². The second kappa shape index (κ2) is 13.6. The third kappa shape index (κ3) is 8.03. The van der Waals surface area contributed by atoms with Gasteiger partial charge in [0.1, 0.15) is 6.10 Å². The van der Waals surface area contributed by atoms with Crippen LogP contribution in [0.1, 0.15) is 25.7 Å². The second-order valence-corrected chi connectivity index (χ2v) is 10.0. The Morgan fingerprint density at radius 2 is 1.97 bits per heavy atom. The molecule has 0 radical (unpaired) electrons. The van der Waals surface area contributed by atoms with Crippen LogP contribution < -0.4 is 10.6 Å². The lowest BCUT2D eigenvalue weighted by molar-refractivity contribution is -0.149. The molecule has 4 rings (SSSR count). The second-order valence-electron chi connectivity index (χ2n) is 9.59. The molecular formula is C25H37ClN4O6. The van der Waals surface area contributed by atoms with Gasteiger partial charge in [-0.1, -0.05) is 17.7 Å². The summed E-state index contributed by atoms with van der Waals surface area (Å²) in [6.45, 7) is 5.51. The average Bonchev–Trinajstić information content (AvgIpc) is 2.85. The Morgan fingerprint density at radius 1 is 1.14 bits per heavy atom. The summed E-state index contributed by atoms with van der Waals surface area (Å²) in [7, 11) is 0. The summed E-state index contributed by atoms with van der Waals surface area (Å²) in [6, 6.07) is 6.34. The normalized spacial score (nSPS) is 27.4. The van der Waals surface area contributed by atoms with Gasteiger partial charge in [-0.15, -0.1) is 0 Å². The van der Waals surface area contributed by atoms with Crippen LogP contribution in [0.15, 0.2) is 24.3 Å². The fraction of sp³-hybridized carbons (Fsp3) is 0.680. The smallest absolute Gasteiger partial charge is 0.322 e. The number of hydrogen-bond donors (Lipinski definition) is 3. The topological polar surface area (TPSA) is 113 Å². The third-order valence-corrected chi connectivity index (χ3v) is 7.04. The molecule has 3 amide bonds. The van der Waals surface area contributed by atoms with Gasteiger partial charge in [0.05, 0.1) is 57.6 Å². The maximum atomic E-state index is 13.2. The Morgan fingerprint density at radius 3 is 2.78 bits per heavy atom. The number of amides is 3. The molecule has 200 valence electrons. The number of β-amino-alcohol motifs (C(OH)–C–C–N with tert-alkyl or cyclic N) is 1. The largest absolute Gasteiger partial charge is 0.389 e. The van der Waals surface area contributed by atoms with E-state index in [-0.39, 0.29) is 56.4 Å². The third-order valence-electron chi connectivity index (χ3n) is 6.81. The lowest BCUT2D eigenvalue weighted by atomic mass is 9.95. The van der Waals surface area contributed by atoms with Crippen LogP contribution in [0.3, 0.4) is 0 Å². The molecule has 3 aliphatic rings. The molecule has 3 fully saturated rings. The predicted molar refractivity (Wildman–Crippen MR) is 135 cm³/mol. The van der Waals surface area contributed by atoms with E-state index in [1.807, 2.05) is 0 Å². The van der Waals surface area contributed by atoms with Gasteiger partial charge in [-0.25, -0.2) is 4.79 Å². The first-order valence-electron chi connectivity index (χ1n) is 12.8. The number of rotatable bonds is 7. The molecule has 0 saturated carbocycles. The van der Waals surface area contributed by atoms with E-state index in [0.717, 1.165) is 39.3 Å². The van der Waals surface area contributed by atoms with E-state index in [0.29, 0.717) is 30.1 Å². The van der Waals surface area contributed by atoms with Crippen molar-refractivity contribution in [2.45, 2.75) is 50.0 Å². The number of hydrogen-bond acceptors (Lipinski definition) is 7. The number of ether oxygens (including phenoxy) is 3. The molecule has 3 heterocycles. The van der Waals surface area contributed by atoms with Crippen LogP contribution in [-0.2, 0) is 19.0 Å². The predicted octanol–water partition coefficient (Wildman–Crippen LogP) is 1.71. The average molecular weight is 525 g/mol. The molecule has 3 N–H and O–H groups in total. The highest BCUT2D eigenvalue weighted by Crippen LogP contribution is 2.28. The lowest BCUT2D eigenvalue weighted by Crippen LogP contribution is -2.58. The molecule has 0 bridgehead atoms. The van der Waals surface area contributed by atoms with Crippen LogP contribution >= 0.6 is 11.6 Å². The first-order chi connectivity index (χ1) is 17.5. The highest BCUT2D eigenvalue weighted by molar-refractivity contribution is 6.30. The zero-order chi connectivity index (χ0) is 25.3. The van der Waals surface area contributed by atoms with Gasteiger partial charge in [-0.3, -0.25) is 9.69 Å². The van der Waals surface area contributed by atoms with E-state index in [2.05, 4.69) is 15.5 Å². The van der Waals surface area contributed by atoms with Gasteiger partial charge < -0.3 is 34.9 Å². The molecule has 3 aliphatic heterocycles. The Bertz CT molecular complexity index is 871. The highest BCUT2D eigenvalue weighted by atomic mass is 35.5. The highest BCUT2D eigenvalue weighted by Gasteiger charge is 2.40. The van der Waals surface area contributed by atoms with Crippen LogP contribution in [-0.4, -0.2) is 110 Å². The molecule has 1 aromatic carbocycles. The van der Waals surface area contributed by atoms with Crippen molar-refractivity contribution in [1.29, 1.82) is 0 Å². The van der Waals surface area contributed by atoms with E-state index in [1.54, 1.807) is 29.2 Å². The van der Waals surface area contributed by atoms with Crippen molar-refractivity contribution >= 4 is 29.2 Å². The van der Waals surface area contributed by atoms with E-state index in [1.165, 1.54) is 0 Å². The maximum Gasteiger partial charge on any atom is 0.322 e. The zero-order valence-corrected chi connectivity index (χ0v) is 21.3. The SMILES string of the molecule is O=C(C[C@@H]1CC[C@H]2[C@@H](COC[C@H](O)CN2C(=O)Nc2cccc(Cl)c2)O1)NCCCN1CCOCC1. The summed E-state index contributed by atoms with van der Waals surface area (Å²) in [6.07, 6.45) is 1.05. The number of fused-ring (bicyclic) bond motifs is 1. The minimum atomic E-state index is -0.794. The van der Waals surface area contributed by atoms with Crippen molar-refractivity contribution in [3.63, 3.8) is 0 Å². The van der Waals surface area contributed by atoms with E-state index < -0.39 is 6.10 Å². The Hall–Kier alpha value is -1.95. The number of aliphatic hydroxyl groups is 1. The maximum absolute atomic E-state index is 13.2. The van der Waals surface area contributed by atoms with Crippen LogP contribution in [0.5, 0.6) is 0 Å². The van der Waals surface area contributed by atoms with Crippen molar-refractivity contribution in [2.24, 2.45) is 0 Å². The number of urea groups is 1. The lowest BCUT2D eigenvalue weighted by Gasteiger charge is -2.44. The number of benzene rings is 1. The van der Waals surface area contributed by atoms with E-state index in [4.69, 9.17) is 25.8 Å². The van der Waals surface area contributed by atoms with Crippen LogP contribution in [0, 0.1) is 0 Å². The summed E-state index contributed by atoms with van der Waals surface area (Å²) in [4.78, 5) is 29.6. The molecule has 0 spiro atoms. The minimum absolute atomic E-state index is 0.0295. The fourth-order valence-corrected chi connectivity index (χ4v) is 5.16. The number of aliphatic hydroxyl groups excluding tert-OH is 1. The summed E-state index contributed by atoms with van der Waals surface area (Å²) in [5.41, 5.74) is 0.580. The quantitative estimate of drug-likeness (QED) is 0.465. The van der Waals surface area contributed by atoms with Crippen molar-refractivity contribution < 1.29 is 28.9 Å². The first kappa shape index (κ1) is 27.1. The molecular weight excluding hydrogens is 488 g/mol. The van der Waals surface area contributed by atoms with Crippen LogP contribution in [0.25, 0.3) is 0 Å². The van der Waals surface area contributed by atoms with E-state index >= 15 is 0 Å². The van der Waals surface area contributed by atoms with Crippen LogP contribution in [0.2, 0.25) is 5.02 Å². The monoisotopic (exact) mass is 524 g/mol. The number of morpholine rings is 1. The number of carbonyl (C=O) groups is 2. The van der Waals surface area contributed by atoms with Crippen molar-refractivity contribution in [1.82, 2.24) is 15.1 Å². The molecule has 36 heavy (non-hydrogen) atoms. The van der Waals surface area contributed by atoms with Gasteiger partial charge in [0.25, 0.3) is 0 Å². The van der Waals surface area contributed by atoms with Gasteiger partial charge in [0.15, 0.2) is 0 Å². The van der Waals surface area contributed by atoms with Gasteiger partial charge >= 0.3 is 6.03 Å². The minimum Gasteiger partial charge on any atom is -0.389 e. The zero-order valence-electron chi connectivity index (χ0n) is 20.6. The molecule has 1 aromatic rings. The van der Waals surface area contributed by atoms with Gasteiger partial charge in [0, 0.05) is 30.3 Å². The molecule has 0 aliphatic carbocycles. The van der Waals surface area contributed by atoms with Gasteiger partial charge in [-0.05, 0) is 44.0 Å². The van der Waals surface area contributed by atoms with Crippen molar-refractivity contribution in [2.75, 3.05) is 64.5 Å². The first-order valence-corrected chi connectivity index (χ1v) is 13.2. The number of nitrogens with one attached hydrogen (secondary N) is 2. The standard InChI is InChI=1S/C25H37ClN4O6/c26-18-3-1-4-19(13-18)28-25(33)30-15-20(31)16-35-17-23-22(30)6-5-21(36-23)14-24(32)27-7-2-8-29-9-11-34-12-10-29/h1,3-4,13,20-23,31H,2,5-12,14-17H2,(H,27,32)(H,28,33)/t20-,21+,22+,23-/m1/s1. The molecule has 11 heteroatoms. The molecule has 3 saturated heterocycles. The van der Waals surface area contributed by atoms with Gasteiger partial charge in [0.2, 0.25) is 5.91 Å². The summed E-state index contributed by atoms with van der Waals surface area (Å²) >= 11 is 6.05. The number of carbonyl (C=O) groups excluding carboxylic acids is 2. The van der Waals surface area contributed by atoms with Gasteiger partial charge in [-0.2, -0.15) is 0 Å². The Labute approximate surface area is 217 Å². The molecule has 10 nitrogen and oxygen atoms in total. The number of anilines is 1. The summed E-state index contributed by atoms with van der Waals surface area (Å²) < 4.78 is 17.3.